The van der Waals surface area contributed by atoms with Crippen LogP contribution in [-0.2, 0) is 16.1 Å². The summed E-state index contributed by atoms with van der Waals surface area (Å²) >= 11 is 0. The first kappa shape index (κ1) is 16.3. The number of halogens is 1. The molecule has 1 atom stereocenters. The zero-order valence-corrected chi connectivity index (χ0v) is 12.1. The first-order valence-electron chi connectivity index (χ1n) is 6.66. The monoisotopic (exact) mass is 320 g/mol. The van der Waals surface area contributed by atoms with Crippen molar-refractivity contribution in [2.45, 2.75) is 19.6 Å². The van der Waals surface area contributed by atoms with E-state index in [-0.39, 0.29) is 5.56 Å². The molecule has 0 aliphatic rings. The summed E-state index contributed by atoms with van der Waals surface area (Å²) in [6, 6.07) is 5.91. The normalized spacial score (nSPS) is 11.7. The van der Waals surface area contributed by atoms with E-state index in [0.717, 1.165) is 29.0 Å². The molecule has 23 heavy (non-hydrogen) atoms. The summed E-state index contributed by atoms with van der Waals surface area (Å²) in [5.41, 5.74) is -1.14. The highest BCUT2D eigenvalue weighted by atomic mass is 19.1. The van der Waals surface area contributed by atoms with Crippen molar-refractivity contribution in [3.8, 4) is 0 Å². The van der Waals surface area contributed by atoms with Crippen molar-refractivity contribution < 1.29 is 18.7 Å². The van der Waals surface area contributed by atoms with Crippen molar-refractivity contribution in [2.75, 3.05) is 0 Å². The second-order valence-corrected chi connectivity index (χ2v) is 4.74. The molecule has 1 aromatic carbocycles. The average molecular weight is 320 g/mol. The van der Waals surface area contributed by atoms with Crippen molar-refractivity contribution in [3.63, 3.8) is 0 Å². The van der Waals surface area contributed by atoms with E-state index in [1.807, 2.05) is 4.98 Å². The summed E-state index contributed by atoms with van der Waals surface area (Å²) in [5.74, 6) is -1.79. The van der Waals surface area contributed by atoms with Crippen molar-refractivity contribution in [3.05, 3.63) is 68.7 Å². The molecular formula is C15H13FN2O5. The first-order chi connectivity index (χ1) is 10.9. The summed E-state index contributed by atoms with van der Waals surface area (Å²) in [6.45, 7) is 0.926. The molecule has 0 bridgehead atoms. The van der Waals surface area contributed by atoms with Crippen LogP contribution in [0.1, 0.15) is 17.3 Å². The minimum absolute atomic E-state index is 0.202. The average Bonchev–Trinajstić information content (AvgIpc) is 2.50. The number of carbonyl (C=O) groups excluding carboxylic acids is 2. The number of esters is 1. The number of nitrogens with zero attached hydrogens (tertiary/aromatic N) is 1. The lowest BCUT2D eigenvalue weighted by Gasteiger charge is -2.12. The first-order valence-corrected chi connectivity index (χ1v) is 6.66. The van der Waals surface area contributed by atoms with Crippen LogP contribution in [0, 0.1) is 5.82 Å². The van der Waals surface area contributed by atoms with Gasteiger partial charge in [-0.1, -0.05) is 0 Å². The molecule has 0 amide bonds. The molecule has 0 radical (unpaired) electrons. The smallest absolute Gasteiger partial charge is 0.328 e. The maximum Gasteiger partial charge on any atom is 0.328 e. The van der Waals surface area contributed by atoms with Gasteiger partial charge in [-0.3, -0.25) is 23.9 Å². The zero-order chi connectivity index (χ0) is 17.0. The van der Waals surface area contributed by atoms with Gasteiger partial charge in [0, 0.05) is 17.8 Å². The Hall–Kier alpha value is -3.03. The van der Waals surface area contributed by atoms with E-state index in [2.05, 4.69) is 0 Å². The van der Waals surface area contributed by atoms with Gasteiger partial charge in [0.1, 0.15) is 12.4 Å². The number of H-pyrrole nitrogens is 1. The van der Waals surface area contributed by atoms with Crippen LogP contribution >= 0.6 is 0 Å². The number of carbonyl (C=O) groups is 2. The van der Waals surface area contributed by atoms with Crippen LogP contribution in [0.15, 0.2) is 46.1 Å². The van der Waals surface area contributed by atoms with Gasteiger partial charge >= 0.3 is 11.7 Å². The number of hydrogen-bond donors (Lipinski definition) is 1. The Morgan fingerprint density at radius 3 is 2.48 bits per heavy atom. The summed E-state index contributed by atoms with van der Waals surface area (Å²) in [6.07, 6.45) is 0.0564. The van der Waals surface area contributed by atoms with Gasteiger partial charge in [0.05, 0.1) is 0 Å². The lowest BCUT2D eigenvalue weighted by molar-refractivity contribution is -0.147. The fourth-order valence-electron chi connectivity index (χ4n) is 1.84. The third kappa shape index (κ3) is 4.22. The van der Waals surface area contributed by atoms with Gasteiger partial charge in [0.15, 0.2) is 6.10 Å². The van der Waals surface area contributed by atoms with Gasteiger partial charge in [-0.05, 0) is 31.2 Å². The lowest BCUT2D eigenvalue weighted by Crippen LogP contribution is -2.33. The fourth-order valence-corrected chi connectivity index (χ4v) is 1.84. The van der Waals surface area contributed by atoms with E-state index < -0.39 is 41.5 Å². The standard InChI is InChI=1S/C15H13FN2O5/c1-9(14(21)10-2-4-11(16)5-3-10)23-13(20)8-18-7-6-12(19)17-15(18)22/h2-7,9H,8H2,1H3,(H,17,19,22)/t9-/m0/s1. The minimum Gasteiger partial charge on any atom is -0.453 e. The van der Waals surface area contributed by atoms with Crippen LogP contribution in [-0.4, -0.2) is 27.4 Å². The van der Waals surface area contributed by atoms with E-state index in [9.17, 15) is 23.6 Å². The third-order valence-corrected chi connectivity index (χ3v) is 3.00. The molecule has 2 aromatic rings. The highest BCUT2D eigenvalue weighted by Gasteiger charge is 2.20. The summed E-state index contributed by atoms with van der Waals surface area (Å²) < 4.78 is 18.7. The van der Waals surface area contributed by atoms with Crippen molar-refractivity contribution in [1.29, 1.82) is 0 Å². The van der Waals surface area contributed by atoms with Crippen molar-refractivity contribution >= 4 is 11.8 Å². The molecule has 0 spiro atoms. The molecule has 1 N–H and O–H groups in total. The summed E-state index contributed by atoms with van der Waals surface area (Å²) in [7, 11) is 0. The fraction of sp³-hybridized carbons (Fsp3) is 0.200. The number of aromatic nitrogens is 2. The summed E-state index contributed by atoms with van der Waals surface area (Å²) in [4.78, 5) is 48.2. The number of benzene rings is 1. The lowest BCUT2D eigenvalue weighted by atomic mass is 10.1. The van der Waals surface area contributed by atoms with Gasteiger partial charge in [0.2, 0.25) is 5.78 Å². The molecule has 120 valence electrons. The number of ether oxygens (including phenoxy) is 1. The van der Waals surface area contributed by atoms with Crippen molar-refractivity contribution in [1.82, 2.24) is 9.55 Å². The van der Waals surface area contributed by atoms with Gasteiger partial charge in [0.25, 0.3) is 5.56 Å². The van der Waals surface area contributed by atoms with Crippen molar-refractivity contribution in [2.24, 2.45) is 0 Å². The van der Waals surface area contributed by atoms with Gasteiger partial charge in [-0.15, -0.1) is 0 Å². The number of nitrogens with one attached hydrogen (secondary N) is 1. The summed E-state index contributed by atoms with van der Waals surface area (Å²) in [5, 5.41) is 0. The van der Waals surface area contributed by atoms with Crippen LogP contribution in [0.3, 0.4) is 0 Å². The molecule has 0 aliphatic heterocycles. The van der Waals surface area contributed by atoms with E-state index in [4.69, 9.17) is 4.74 Å². The predicted octanol–water partition coefficient (Wildman–Crippen LogP) is 0.490. The highest BCUT2D eigenvalue weighted by Crippen LogP contribution is 2.08. The zero-order valence-electron chi connectivity index (χ0n) is 12.1. The molecule has 2 rings (SSSR count). The largest absolute Gasteiger partial charge is 0.453 e. The maximum atomic E-state index is 12.8. The van der Waals surface area contributed by atoms with Crippen LogP contribution in [0.25, 0.3) is 0 Å². The van der Waals surface area contributed by atoms with Gasteiger partial charge in [-0.25, -0.2) is 9.18 Å². The Balaban J connectivity index is 2.01. The maximum absolute atomic E-state index is 12.8. The SMILES string of the molecule is C[C@H](OC(=O)Cn1ccc(=O)[nH]c1=O)C(=O)c1ccc(F)cc1. The highest BCUT2D eigenvalue weighted by molar-refractivity contribution is 6.00. The minimum atomic E-state index is -1.09. The second kappa shape index (κ2) is 6.82. The molecule has 0 fully saturated rings. The van der Waals surface area contributed by atoms with Crippen LogP contribution in [0.4, 0.5) is 4.39 Å². The van der Waals surface area contributed by atoms with E-state index >= 15 is 0 Å². The number of Topliss-reactive ketones (excluding diaryl/α,β-unsaturated/α-hetero) is 1. The molecular weight excluding hydrogens is 307 g/mol. The molecule has 8 heteroatoms. The molecule has 1 heterocycles. The van der Waals surface area contributed by atoms with Crippen LogP contribution < -0.4 is 11.2 Å². The molecule has 0 unspecified atom stereocenters. The number of rotatable bonds is 5. The van der Waals surface area contributed by atoms with Gasteiger partial charge in [-0.2, -0.15) is 0 Å². The predicted molar refractivity (Wildman–Crippen MR) is 77.6 cm³/mol. The van der Waals surface area contributed by atoms with E-state index in [0.29, 0.717) is 0 Å². The Morgan fingerprint density at radius 1 is 1.22 bits per heavy atom. The number of hydrogen-bond acceptors (Lipinski definition) is 5. The van der Waals surface area contributed by atoms with Crippen LogP contribution in [0.5, 0.6) is 0 Å². The Labute approximate surface area is 129 Å². The third-order valence-electron chi connectivity index (χ3n) is 3.00. The molecule has 1 aromatic heterocycles. The molecule has 0 saturated heterocycles. The Kier molecular flexibility index (Phi) is 4.85. The number of aromatic amines is 1. The second-order valence-electron chi connectivity index (χ2n) is 4.74. The molecule has 7 nitrogen and oxygen atoms in total. The van der Waals surface area contributed by atoms with Crippen LogP contribution in [0.2, 0.25) is 0 Å². The Morgan fingerprint density at radius 2 is 1.87 bits per heavy atom. The van der Waals surface area contributed by atoms with Gasteiger partial charge < -0.3 is 4.74 Å². The van der Waals surface area contributed by atoms with E-state index in [1.165, 1.54) is 19.1 Å². The Bertz CT molecular complexity index is 838. The quantitative estimate of drug-likeness (QED) is 0.638. The topological polar surface area (TPSA) is 98.2 Å². The number of ketones is 1. The molecule has 0 saturated carbocycles. The molecule has 0 aliphatic carbocycles. The van der Waals surface area contributed by atoms with E-state index in [1.54, 1.807) is 0 Å².